The zero-order valence-corrected chi connectivity index (χ0v) is 19.6. The maximum absolute atomic E-state index is 10.6. The summed E-state index contributed by atoms with van der Waals surface area (Å²) in [6.07, 6.45) is -3.31. The van der Waals surface area contributed by atoms with Gasteiger partial charge in [-0.05, 0) is 37.8 Å². The van der Waals surface area contributed by atoms with Crippen LogP contribution in [0, 0.1) is 0 Å². The number of pyridine rings is 1. The molecule has 2 N–H and O–H groups in total. The molecule has 3 fully saturated rings. The van der Waals surface area contributed by atoms with E-state index in [4.69, 9.17) is 34.0 Å². The number of nitrogens with zero attached hydrogens (tertiary/aromatic N) is 2. The number of carboxylic acid groups (broad SMARTS) is 2. The molecule has 0 bridgehead atoms. The molecular weight excluding hydrogens is 518 g/mol. The molecule has 0 saturated carbocycles. The van der Waals surface area contributed by atoms with Crippen LogP contribution in [0.5, 0.6) is 0 Å². The lowest BCUT2D eigenvalue weighted by atomic mass is 9.99. The number of likely N-dealkylation sites (tertiary alicyclic amines) is 1. The van der Waals surface area contributed by atoms with Crippen LogP contribution in [0.15, 0.2) is 24.4 Å². The fourth-order valence-corrected chi connectivity index (χ4v) is 4.20. The predicted octanol–water partition coefficient (Wildman–Crippen LogP) is 3.28. The van der Waals surface area contributed by atoms with Crippen molar-refractivity contribution in [2.45, 2.75) is 68.9 Å². The molecular formula is C22H28F6N2O7. The first kappa shape index (κ1) is 30.7. The quantitative estimate of drug-likeness (QED) is 0.549. The first-order chi connectivity index (χ1) is 17.3. The number of carboxylic acids is 2. The lowest BCUT2D eigenvalue weighted by Crippen LogP contribution is -2.47. The highest BCUT2D eigenvalue weighted by atomic mass is 19.4. The minimum absolute atomic E-state index is 0.158. The summed E-state index contributed by atoms with van der Waals surface area (Å²) in [5, 5.41) is 14.2. The van der Waals surface area contributed by atoms with E-state index in [1.54, 1.807) is 0 Å². The number of halogens is 6. The van der Waals surface area contributed by atoms with Crippen molar-refractivity contribution in [1.29, 1.82) is 0 Å². The van der Waals surface area contributed by atoms with E-state index in [-0.39, 0.29) is 12.2 Å². The van der Waals surface area contributed by atoms with Crippen LogP contribution in [-0.4, -0.2) is 95.0 Å². The number of ether oxygens (including phenoxy) is 3. The molecule has 4 heterocycles. The molecule has 0 aliphatic carbocycles. The van der Waals surface area contributed by atoms with Crippen molar-refractivity contribution in [3.63, 3.8) is 0 Å². The molecule has 15 heteroatoms. The summed E-state index contributed by atoms with van der Waals surface area (Å²) in [5.41, 5.74) is 0.990. The zero-order chi connectivity index (χ0) is 27.6. The second kappa shape index (κ2) is 13.9. The third-order valence-electron chi connectivity index (χ3n) is 5.83. The van der Waals surface area contributed by atoms with Gasteiger partial charge in [0.1, 0.15) is 6.10 Å². The third kappa shape index (κ3) is 10.1. The van der Waals surface area contributed by atoms with E-state index in [1.165, 1.54) is 6.42 Å². The Hall–Kier alpha value is -2.49. The lowest BCUT2D eigenvalue weighted by Gasteiger charge is -2.38. The number of carbonyl (C=O) groups is 2. The highest BCUT2D eigenvalue weighted by Gasteiger charge is 2.47. The Bertz CT molecular complexity index is 826. The van der Waals surface area contributed by atoms with Gasteiger partial charge in [-0.2, -0.15) is 26.3 Å². The van der Waals surface area contributed by atoms with E-state index in [9.17, 15) is 26.3 Å². The largest absolute Gasteiger partial charge is 0.490 e. The van der Waals surface area contributed by atoms with Crippen LogP contribution in [0.25, 0.3) is 0 Å². The molecule has 0 spiro atoms. The second-order valence-electron chi connectivity index (χ2n) is 8.36. The summed E-state index contributed by atoms with van der Waals surface area (Å²) in [5.74, 6) is -5.51. The fraction of sp³-hybridized carbons (Fsp3) is 0.682. The SMILES string of the molecule is O=C(O)C(F)(F)F.O=C(O)C(F)(F)F.c1ccc(CO[C@@H]2CN(C3CCOCC3)[C@@H]3CCCO[C@@H]32)nc1. The molecule has 3 aliphatic rings. The Morgan fingerprint density at radius 3 is 2.11 bits per heavy atom. The first-order valence-corrected chi connectivity index (χ1v) is 11.4. The second-order valence-corrected chi connectivity index (χ2v) is 8.36. The summed E-state index contributed by atoms with van der Waals surface area (Å²) < 4.78 is 81.3. The van der Waals surface area contributed by atoms with Crippen molar-refractivity contribution in [3.8, 4) is 0 Å². The summed E-state index contributed by atoms with van der Waals surface area (Å²) in [6, 6.07) is 7.10. The Morgan fingerprint density at radius 1 is 1.00 bits per heavy atom. The zero-order valence-electron chi connectivity index (χ0n) is 19.6. The van der Waals surface area contributed by atoms with E-state index in [2.05, 4.69) is 9.88 Å². The summed E-state index contributed by atoms with van der Waals surface area (Å²) in [7, 11) is 0. The van der Waals surface area contributed by atoms with Crippen LogP contribution in [0.3, 0.4) is 0 Å². The molecule has 3 aliphatic heterocycles. The minimum atomic E-state index is -5.08. The van der Waals surface area contributed by atoms with Gasteiger partial charge in [-0.15, -0.1) is 0 Å². The predicted molar refractivity (Wildman–Crippen MR) is 114 cm³/mol. The molecule has 0 unspecified atom stereocenters. The van der Waals surface area contributed by atoms with E-state index in [1.807, 2.05) is 24.4 Å². The molecule has 0 amide bonds. The van der Waals surface area contributed by atoms with Crippen molar-refractivity contribution in [1.82, 2.24) is 9.88 Å². The molecule has 3 atom stereocenters. The van der Waals surface area contributed by atoms with Gasteiger partial charge < -0.3 is 24.4 Å². The van der Waals surface area contributed by atoms with Gasteiger partial charge in [-0.1, -0.05) is 6.07 Å². The van der Waals surface area contributed by atoms with Crippen molar-refractivity contribution >= 4 is 11.9 Å². The van der Waals surface area contributed by atoms with Crippen LogP contribution in [-0.2, 0) is 30.4 Å². The minimum Gasteiger partial charge on any atom is -0.475 e. The number of alkyl halides is 6. The normalized spacial score (nSPS) is 24.6. The molecule has 210 valence electrons. The van der Waals surface area contributed by atoms with Gasteiger partial charge in [-0.25, -0.2) is 9.59 Å². The van der Waals surface area contributed by atoms with Gasteiger partial charge in [-0.3, -0.25) is 9.88 Å². The maximum Gasteiger partial charge on any atom is 0.490 e. The number of aliphatic carboxylic acids is 2. The Kier molecular flexibility index (Phi) is 11.5. The first-order valence-electron chi connectivity index (χ1n) is 11.4. The average molecular weight is 546 g/mol. The highest BCUT2D eigenvalue weighted by Crippen LogP contribution is 2.34. The van der Waals surface area contributed by atoms with Gasteiger partial charge in [0.25, 0.3) is 0 Å². The van der Waals surface area contributed by atoms with Crippen LogP contribution >= 0.6 is 0 Å². The van der Waals surface area contributed by atoms with Gasteiger partial charge >= 0.3 is 24.3 Å². The highest BCUT2D eigenvalue weighted by molar-refractivity contribution is 5.73. The number of fused-ring (bicyclic) bond motifs is 1. The smallest absolute Gasteiger partial charge is 0.475 e. The Labute approximate surface area is 208 Å². The van der Waals surface area contributed by atoms with E-state index >= 15 is 0 Å². The molecule has 1 aromatic rings. The lowest BCUT2D eigenvalue weighted by molar-refractivity contribution is -0.193. The molecule has 3 saturated heterocycles. The van der Waals surface area contributed by atoms with Crippen molar-refractivity contribution in [3.05, 3.63) is 30.1 Å². The van der Waals surface area contributed by atoms with E-state index in [0.717, 1.165) is 51.3 Å². The standard InChI is InChI=1S/C18H26N2O3.2C2HF3O2/c1-2-8-19-14(4-1)13-23-17-12-20(15-6-10-21-11-7-15)16-5-3-9-22-18(16)17;2*3-2(4,5)1(6)7/h1-2,4,8,15-18H,3,5-7,9-13H2;2*(H,6,7)/t16-,17-,18+;;/m1../s1. The summed E-state index contributed by atoms with van der Waals surface area (Å²) in [6.45, 7) is 4.19. The fourth-order valence-electron chi connectivity index (χ4n) is 4.20. The van der Waals surface area contributed by atoms with Crippen LogP contribution < -0.4 is 0 Å². The van der Waals surface area contributed by atoms with Crippen LogP contribution in [0.1, 0.15) is 31.4 Å². The molecule has 0 aromatic carbocycles. The van der Waals surface area contributed by atoms with E-state index in [0.29, 0.717) is 18.7 Å². The van der Waals surface area contributed by atoms with Crippen LogP contribution in [0.2, 0.25) is 0 Å². The topological polar surface area (TPSA) is 118 Å². The number of rotatable bonds is 4. The van der Waals surface area contributed by atoms with Gasteiger partial charge in [0.05, 0.1) is 18.4 Å². The maximum atomic E-state index is 10.6. The van der Waals surface area contributed by atoms with Crippen molar-refractivity contribution in [2.75, 3.05) is 26.4 Å². The molecule has 0 radical (unpaired) electrons. The number of hydrogen-bond acceptors (Lipinski definition) is 7. The van der Waals surface area contributed by atoms with E-state index < -0.39 is 24.3 Å². The van der Waals surface area contributed by atoms with Crippen molar-refractivity contribution < 1.29 is 60.4 Å². The van der Waals surface area contributed by atoms with Gasteiger partial charge in [0.2, 0.25) is 0 Å². The molecule has 4 rings (SSSR count). The number of hydrogen-bond donors (Lipinski definition) is 2. The molecule has 9 nitrogen and oxygen atoms in total. The Balaban J connectivity index is 0.000000286. The number of aromatic nitrogens is 1. The Morgan fingerprint density at radius 2 is 1.59 bits per heavy atom. The third-order valence-corrected chi connectivity index (χ3v) is 5.83. The monoisotopic (exact) mass is 546 g/mol. The van der Waals surface area contributed by atoms with Gasteiger partial charge in [0, 0.05) is 44.6 Å². The summed E-state index contributed by atoms with van der Waals surface area (Å²) in [4.78, 5) is 24.8. The summed E-state index contributed by atoms with van der Waals surface area (Å²) >= 11 is 0. The average Bonchev–Trinajstić information content (AvgIpc) is 3.22. The van der Waals surface area contributed by atoms with Crippen LogP contribution in [0.4, 0.5) is 26.3 Å². The molecule has 37 heavy (non-hydrogen) atoms. The van der Waals surface area contributed by atoms with Gasteiger partial charge in [0.15, 0.2) is 0 Å². The molecule has 1 aromatic heterocycles. The van der Waals surface area contributed by atoms with Crippen molar-refractivity contribution in [2.24, 2.45) is 0 Å².